The number of anilines is 1. The van der Waals surface area contributed by atoms with Crippen LogP contribution in [0.3, 0.4) is 0 Å². The van der Waals surface area contributed by atoms with Gasteiger partial charge in [0.25, 0.3) is 5.56 Å². The molecule has 136 valence electrons. The number of aromatic nitrogens is 4. The highest BCUT2D eigenvalue weighted by Crippen LogP contribution is 2.30. The van der Waals surface area contributed by atoms with Gasteiger partial charge in [-0.2, -0.15) is 4.98 Å². The van der Waals surface area contributed by atoms with Gasteiger partial charge in [0, 0.05) is 27.2 Å². The van der Waals surface area contributed by atoms with Crippen LogP contribution in [0.2, 0.25) is 0 Å². The van der Waals surface area contributed by atoms with Crippen molar-refractivity contribution in [1.82, 2.24) is 18.7 Å². The minimum atomic E-state index is -0.354. The highest BCUT2D eigenvalue weighted by Gasteiger charge is 2.27. The summed E-state index contributed by atoms with van der Waals surface area (Å²) >= 11 is 0. The lowest BCUT2D eigenvalue weighted by atomic mass is 10.1. The third kappa shape index (κ3) is 2.38. The molecule has 7 nitrogen and oxygen atoms in total. The van der Waals surface area contributed by atoms with Gasteiger partial charge in [0.05, 0.1) is 6.04 Å². The first-order valence-electron chi connectivity index (χ1n) is 8.98. The molecule has 0 spiro atoms. The second kappa shape index (κ2) is 6.16. The standard InChI is InChI=1S/C19H23N5O2/c1-13(14-9-5-4-6-10-14)24-15-16(20-18(24)23-11-7-8-12-23)21(2)19(26)22(3)17(15)25/h4-6,9-10,13H,7-8,11-12H2,1-3H3. The van der Waals surface area contributed by atoms with Crippen LogP contribution in [0.25, 0.3) is 11.2 Å². The molecule has 0 aliphatic carbocycles. The lowest BCUT2D eigenvalue weighted by Crippen LogP contribution is -2.37. The average Bonchev–Trinajstić information content (AvgIpc) is 3.32. The van der Waals surface area contributed by atoms with Gasteiger partial charge in [-0.05, 0) is 25.3 Å². The molecule has 0 saturated carbocycles. The average molecular weight is 353 g/mol. The van der Waals surface area contributed by atoms with Crippen molar-refractivity contribution in [3.8, 4) is 0 Å². The number of imidazole rings is 1. The largest absolute Gasteiger partial charge is 0.342 e. The molecule has 4 rings (SSSR count). The van der Waals surface area contributed by atoms with Crippen LogP contribution in [0.5, 0.6) is 0 Å². The molecule has 1 aliphatic rings. The highest BCUT2D eigenvalue weighted by molar-refractivity contribution is 5.75. The summed E-state index contributed by atoms with van der Waals surface area (Å²) in [5.74, 6) is 0.771. The van der Waals surface area contributed by atoms with Crippen LogP contribution in [-0.4, -0.2) is 31.8 Å². The molecule has 3 heterocycles. The van der Waals surface area contributed by atoms with E-state index in [-0.39, 0.29) is 17.3 Å². The van der Waals surface area contributed by atoms with E-state index < -0.39 is 0 Å². The minimum Gasteiger partial charge on any atom is -0.342 e. The Hall–Kier alpha value is -2.83. The third-order valence-electron chi connectivity index (χ3n) is 5.33. The van der Waals surface area contributed by atoms with Crippen molar-refractivity contribution < 1.29 is 0 Å². The van der Waals surface area contributed by atoms with Crippen molar-refractivity contribution in [2.45, 2.75) is 25.8 Å². The van der Waals surface area contributed by atoms with E-state index in [1.165, 1.54) is 11.6 Å². The Bertz CT molecular complexity index is 1070. The Balaban J connectivity index is 2.06. The van der Waals surface area contributed by atoms with Crippen LogP contribution >= 0.6 is 0 Å². The zero-order valence-corrected chi connectivity index (χ0v) is 15.3. The van der Waals surface area contributed by atoms with Crippen LogP contribution in [0.4, 0.5) is 5.95 Å². The van der Waals surface area contributed by atoms with E-state index in [2.05, 4.69) is 24.0 Å². The molecule has 3 aromatic rings. The fraction of sp³-hybridized carbons (Fsp3) is 0.421. The fourth-order valence-electron chi connectivity index (χ4n) is 3.79. The van der Waals surface area contributed by atoms with E-state index in [1.54, 1.807) is 7.05 Å². The van der Waals surface area contributed by atoms with Gasteiger partial charge in [-0.25, -0.2) is 4.79 Å². The predicted octanol–water partition coefficient (Wildman–Crippen LogP) is 1.64. The van der Waals surface area contributed by atoms with Crippen LogP contribution in [0.1, 0.15) is 31.4 Å². The molecule has 7 heteroatoms. The lowest BCUT2D eigenvalue weighted by Gasteiger charge is -2.23. The molecule has 0 N–H and O–H groups in total. The Labute approximate surface area is 151 Å². The van der Waals surface area contributed by atoms with Crippen molar-refractivity contribution in [3.63, 3.8) is 0 Å². The van der Waals surface area contributed by atoms with Crippen LogP contribution in [-0.2, 0) is 14.1 Å². The first-order valence-corrected chi connectivity index (χ1v) is 8.98. The number of aryl methyl sites for hydroxylation is 1. The van der Waals surface area contributed by atoms with Gasteiger partial charge in [0.15, 0.2) is 11.2 Å². The summed E-state index contributed by atoms with van der Waals surface area (Å²) in [6, 6.07) is 10.0. The smallest absolute Gasteiger partial charge is 0.332 e. The van der Waals surface area contributed by atoms with Gasteiger partial charge in [0.2, 0.25) is 5.95 Å². The predicted molar refractivity (Wildman–Crippen MR) is 102 cm³/mol. The molecule has 0 radical (unpaired) electrons. The van der Waals surface area contributed by atoms with Gasteiger partial charge in [0.1, 0.15) is 0 Å². The van der Waals surface area contributed by atoms with Crippen molar-refractivity contribution in [2.24, 2.45) is 14.1 Å². The third-order valence-corrected chi connectivity index (χ3v) is 5.33. The van der Waals surface area contributed by atoms with Gasteiger partial charge in [-0.15, -0.1) is 0 Å². The van der Waals surface area contributed by atoms with E-state index in [4.69, 9.17) is 4.98 Å². The van der Waals surface area contributed by atoms with Gasteiger partial charge in [-0.1, -0.05) is 30.3 Å². The second-order valence-electron chi connectivity index (χ2n) is 6.94. The molecule has 1 atom stereocenters. The fourth-order valence-corrected chi connectivity index (χ4v) is 3.79. The molecular formula is C19H23N5O2. The minimum absolute atomic E-state index is 0.0676. The molecule has 1 aliphatic heterocycles. The number of hydrogen-bond donors (Lipinski definition) is 0. The van der Waals surface area contributed by atoms with E-state index in [0.717, 1.165) is 42.0 Å². The van der Waals surface area contributed by atoms with Gasteiger partial charge >= 0.3 is 5.69 Å². The summed E-state index contributed by atoms with van der Waals surface area (Å²) in [4.78, 5) is 32.3. The molecule has 0 bridgehead atoms. The van der Waals surface area contributed by atoms with Crippen molar-refractivity contribution in [1.29, 1.82) is 0 Å². The van der Waals surface area contributed by atoms with Crippen LogP contribution in [0, 0.1) is 0 Å². The van der Waals surface area contributed by atoms with Crippen LogP contribution in [0.15, 0.2) is 39.9 Å². The monoisotopic (exact) mass is 353 g/mol. The summed E-state index contributed by atoms with van der Waals surface area (Å²) < 4.78 is 4.62. The quantitative estimate of drug-likeness (QED) is 0.718. The maximum atomic E-state index is 13.0. The molecule has 1 aromatic carbocycles. The molecule has 1 fully saturated rings. The Kier molecular flexibility index (Phi) is 3.94. The van der Waals surface area contributed by atoms with Crippen molar-refractivity contribution in [2.75, 3.05) is 18.0 Å². The molecule has 2 aromatic heterocycles. The lowest BCUT2D eigenvalue weighted by molar-refractivity contribution is 0.637. The number of nitrogens with zero attached hydrogens (tertiary/aromatic N) is 5. The molecule has 26 heavy (non-hydrogen) atoms. The number of benzene rings is 1. The number of rotatable bonds is 3. The van der Waals surface area contributed by atoms with Crippen LogP contribution < -0.4 is 16.1 Å². The topological polar surface area (TPSA) is 65.1 Å². The molecule has 1 unspecified atom stereocenters. The Morgan fingerprint density at radius 1 is 1.00 bits per heavy atom. The number of fused-ring (bicyclic) bond motifs is 1. The van der Waals surface area contributed by atoms with E-state index in [0.29, 0.717) is 11.2 Å². The second-order valence-corrected chi connectivity index (χ2v) is 6.94. The first-order chi connectivity index (χ1) is 12.5. The van der Waals surface area contributed by atoms with E-state index in [1.807, 2.05) is 22.8 Å². The Morgan fingerprint density at radius 2 is 1.65 bits per heavy atom. The summed E-state index contributed by atoms with van der Waals surface area (Å²) in [5, 5.41) is 0. The first kappa shape index (κ1) is 16.6. The zero-order chi connectivity index (χ0) is 18.4. The maximum Gasteiger partial charge on any atom is 0.332 e. The SMILES string of the molecule is CC(c1ccccc1)n1c(N2CCCC2)nc2c1c(=O)n(C)c(=O)n2C. The Morgan fingerprint density at radius 3 is 2.31 bits per heavy atom. The van der Waals surface area contributed by atoms with Gasteiger partial charge in [-0.3, -0.25) is 18.5 Å². The van der Waals surface area contributed by atoms with Crippen molar-refractivity contribution in [3.05, 3.63) is 56.7 Å². The normalized spacial score (nSPS) is 15.7. The molecule has 0 amide bonds. The summed E-state index contributed by atoms with van der Waals surface area (Å²) in [7, 11) is 3.19. The van der Waals surface area contributed by atoms with E-state index >= 15 is 0 Å². The summed E-state index contributed by atoms with van der Waals surface area (Å²) in [6.45, 7) is 3.90. The zero-order valence-electron chi connectivity index (χ0n) is 15.3. The highest BCUT2D eigenvalue weighted by atomic mass is 16.2. The van der Waals surface area contributed by atoms with Crippen molar-refractivity contribution >= 4 is 17.1 Å². The summed E-state index contributed by atoms with van der Waals surface area (Å²) in [5.41, 5.74) is 1.37. The number of hydrogen-bond acceptors (Lipinski definition) is 4. The van der Waals surface area contributed by atoms with E-state index in [9.17, 15) is 9.59 Å². The van der Waals surface area contributed by atoms with Gasteiger partial charge < -0.3 is 4.90 Å². The maximum absolute atomic E-state index is 13.0. The molecule has 1 saturated heterocycles. The summed E-state index contributed by atoms with van der Waals surface area (Å²) in [6.07, 6.45) is 2.22. The molecular weight excluding hydrogens is 330 g/mol.